The Bertz CT molecular complexity index is 1020. The van der Waals surface area contributed by atoms with Gasteiger partial charge in [-0.05, 0) is 24.5 Å². The van der Waals surface area contributed by atoms with E-state index in [-0.39, 0.29) is 23.8 Å². The van der Waals surface area contributed by atoms with Crippen LogP contribution >= 0.6 is 0 Å². The first-order valence-electron chi connectivity index (χ1n) is 10.7. The molecule has 6 heteroatoms. The van der Waals surface area contributed by atoms with E-state index in [2.05, 4.69) is 10.6 Å². The van der Waals surface area contributed by atoms with Crippen molar-refractivity contribution in [2.24, 2.45) is 11.8 Å². The van der Waals surface area contributed by atoms with Crippen molar-refractivity contribution in [3.8, 4) is 0 Å². The van der Waals surface area contributed by atoms with Gasteiger partial charge in [-0.15, -0.1) is 0 Å². The number of unbranched alkanes of at least 4 members (excludes halogenated alkanes) is 1. The van der Waals surface area contributed by atoms with Crippen LogP contribution < -0.4 is 10.6 Å². The van der Waals surface area contributed by atoms with E-state index in [9.17, 15) is 14.4 Å². The normalized spacial score (nSPS) is 29.4. The van der Waals surface area contributed by atoms with Gasteiger partial charge < -0.3 is 5.32 Å². The summed E-state index contributed by atoms with van der Waals surface area (Å²) in [6.45, 7) is 2.45. The monoisotopic (exact) mass is 403 g/mol. The van der Waals surface area contributed by atoms with E-state index in [4.69, 9.17) is 0 Å². The summed E-state index contributed by atoms with van der Waals surface area (Å²) < 4.78 is 0. The number of imide groups is 1. The Morgan fingerprint density at radius 3 is 2.47 bits per heavy atom. The van der Waals surface area contributed by atoms with Crippen molar-refractivity contribution in [3.05, 3.63) is 65.7 Å². The van der Waals surface area contributed by atoms with Gasteiger partial charge in [-0.3, -0.25) is 24.6 Å². The molecule has 2 aromatic rings. The standard InChI is InChI=1S/C24H25N3O3/c1-2-3-13-27-21(28)19-18(14-15-9-5-4-6-10-15)26-24(20(19)22(27)29)16-11-7-8-12-17(16)25-23(24)30/h4-12,18-20,26H,2-3,13-14H2,1H3,(H,25,30)/t18-,19+,20-,24-/m0/s1. The third kappa shape index (κ3) is 2.56. The maximum absolute atomic E-state index is 13.5. The number of para-hydroxylation sites is 1. The number of carbonyl (C=O) groups is 3. The lowest BCUT2D eigenvalue weighted by Crippen LogP contribution is -2.53. The van der Waals surface area contributed by atoms with Gasteiger partial charge in [-0.1, -0.05) is 61.9 Å². The number of benzene rings is 2. The average Bonchev–Trinajstić information content (AvgIpc) is 3.33. The predicted molar refractivity (Wildman–Crippen MR) is 112 cm³/mol. The predicted octanol–water partition coefficient (Wildman–Crippen LogP) is 2.45. The van der Waals surface area contributed by atoms with Crippen molar-refractivity contribution in [3.63, 3.8) is 0 Å². The van der Waals surface area contributed by atoms with E-state index < -0.39 is 17.4 Å². The molecule has 0 radical (unpaired) electrons. The minimum absolute atomic E-state index is 0.152. The summed E-state index contributed by atoms with van der Waals surface area (Å²) >= 11 is 0. The van der Waals surface area contributed by atoms with Crippen molar-refractivity contribution >= 4 is 23.4 Å². The number of rotatable bonds is 5. The summed E-state index contributed by atoms with van der Waals surface area (Å²) in [6.07, 6.45) is 2.25. The molecule has 0 saturated carbocycles. The summed E-state index contributed by atoms with van der Waals surface area (Å²) in [5.74, 6) is -1.90. The van der Waals surface area contributed by atoms with Crippen LogP contribution in [-0.2, 0) is 26.3 Å². The third-order valence-electron chi connectivity index (χ3n) is 6.75. The fourth-order valence-corrected chi connectivity index (χ4v) is 5.40. The van der Waals surface area contributed by atoms with E-state index in [0.717, 1.165) is 24.0 Å². The number of nitrogens with one attached hydrogen (secondary N) is 2. The molecule has 30 heavy (non-hydrogen) atoms. The Balaban J connectivity index is 1.60. The molecule has 5 rings (SSSR count). The van der Waals surface area contributed by atoms with Crippen LogP contribution in [0.2, 0.25) is 0 Å². The van der Waals surface area contributed by atoms with Gasteiger partial charge in [0.15, 0.2) is 0 Å². The second-order valence-electron chi connectivity index (χ2n) is 8.43. The summed E-state index contributed by atoms with van der Waals surface area (Å²) in [5, 5.41) is 6.42. The largest absolute Gasteiger partial charge is 0.324 e. The van der Waals surface area contributed by atoms with Crippen LogP contribution in [0.3, 0.4) is 0 Å². The maximum Gasteiger partial charge on any atom is 0.250 e. The molecule has 1 spiro atoms. The number of anilines is 1. The highest BCUT2D eigenvalue weighted by atomic mass is 16.2. The lowest BCUT2D eigenvalue weighted by molar-refractivity contribution is -0.142. The molecule has 0 bridgehead atoms. The molecule has 0 unspecified atom stereocenters. The van der Waals surface area contributed by atoms with Crippen LogP contribution in [0.1, 0.15) is 30.9 Å². The molecule has 2 aromatic carbocycles. The Labute approximate surface area is 175 Å². The highest BCUT2D eigenvalue weighted by Crippen LogP contribution is 2.53. The minimum Gasteiger partial charge on any atom is -0.324 e. The molecule has 2 saturated heterocycles. The highest BCUT2D eigenvalue weighted by Gasteiger charge is 2.70. The molecule has 2 fully saturated rings. The first kappa shape index (κ1) is 19.0. The van der Waals surface area contributed by atoms with Crippen LogP contribution in [0.4, 0.5) is 5.69 Å². The van der Waals surface area contributed by atoms with Crippen molar-refractivity contribution in [2.45, 2.75) is 37.8 Å². The Hall–Kier alpha value is -2.99. The summed E-state index contributed by atoms with van der Waals surface area (Å²) in [6, 6.07) is 17.1. The van der Waals surface area contributed by atoms with Gasteiger partial charge in [-0.25, -0.2) is 0 Å². The van der Waals surface area contributed by atoms with Gasteiger partial charge in [0.1, 0.15) is 5.54 Å². The second-order valence-corrected chi connectivity index (χ2v) is 8.43. The average molecular weight is 403 g/mol. The van der Waals surface area contributed by atoms with Gasteiger partial charge >= 0.3 is 0 Å². The molecule has 0 aromatic heterocycles. The van der Waals surface area contributed by atoms with Crippen LogP contribution in [-0.4, -0.2) is 35.2 Å². The number of nitrogens with zero attached hydrogens (tertiary/aromatic N) is 1. The molecule has 4 atom stereocenters. The molecule has 2 N–H and O–H groups in total. The highest BCUT2D eigenvalue weighted by molar-refractivity contribution is 6.15. The Morgan fingerprint density at radius 2 is 1.70 bits per heavy atom. The smallest absolute Gasteiger partial charge is 0.250 e. The first-order valence-corrected chi connectivity index (χ1v) is 10.7. The van der Waals surface area contributed by atoms with Gasteiger partial charge in [0.2, 0.25) is 17.7 Å². The lowest BCUT2D eigenvalue weighted by Gasteiger charge is -2.29. The van der Waals surface area contributed by atoms with E-state index in [1.165, 1.54) is 4.90 Å². The number of fused-ring (bicyclic) bond motifs is 4. The van der Waals surface area contributed by atoms with E-state index >= 15 is 0 Å². The Kier molecular flexibility index (Phi) is 4.47. The van der Waals surface area contributed by atoms with Crippen molar-refractivity contribution < 1.29 is 14.4 Å². The first-order chi connectivity index (χ1) is 14.6. The van der Waals surface area contributed by atoms with Crippen molar-refractivity contribution in [1.82, 2.24) is 10.2 Å². The number of carbonyl (C=O) groups excluding carboxylic acids is 3. The Morgan fingerprint density at radius 1 is 0.967 bits per heavy atom. The second kappa shape index (κ2) is 7.06. The van der Waals surface area contributed by atoms with Crippen LogP contribution in [0, 0.1) is 11.8 Å². The molecule has 6 nitrogen and oxygen atoms in total. The van der Waals surface area contributed by atoms with Gasteiger partial charge in [0, 0.05) is 23.8 Å². The minimum atomic E-state index is -1.20. The molecule has 3 amide bonds. The summed E-state index contributed by atoms with van der Waals surface area (Å²) in [7, 11) is 0. The zero-order valence-corrected chi connectivity index (χ0v) is 16.9. The summed E-state index contributed by atoms with van der Waals surface area (Å²) in [4.78, 5) is 41.6. The molecule has 3 heterocycles. The van der Waals surface area contributed by atoms with Crippen LogP contribution in [0.5, 0.6) is 0 Å². The molecule has 3 aliphatic rings. The van der Waals surface area contributed by atoms with Gasteiger partial charge in [-0.2, -0.15) is 0 Å². The molecular weight excluding hydrogens is 378 g/mol. The van der Waals surface area contributed by atoms with Crippen molar-refractivity contribution in [1.29, 1.82) is 0 Å². The molecule has 0 aliphatic carbocycles. The van der Waals surface area contributed by atoms with E-state index in [1.54, 1.807) is 0 Å². The quantitative estimate of drug-likeness (QED) is 0.752. The number of likely N-dealkylation sites (tertiary alicyclic amines) is 1. The lowest BCUT2D eigenvalue weighted by atomic mass is 9.76. The van der Waals surface area contributed by atoms with E-state index in [1.807, 2.05) is 61.5 Å². The van der Waals surface area contributed by atoms with Crippen molar-refractivity contribution in [2.75, 3.05) is 11.9 Å². The van der Waals surface area contributed by atoms with Gasteiger partial charge in [0.05, 0.1) is 11.8 Å². The SMILES string of the molecule is CCCCN1C(=O)[C@@H]2[C@H](Cc3ccccc3)N[C@]3(C(=O)Nc4ccccc43)[C@@H]2C1=O. The maximum atomic E-state index is 13.5. The fourth-order valence-electron chi connectivity index (χ4n) is 5.40. The fraction of sp³-hybridized carbons (Fsp3) is 0.375. The topological polar surface area (TPSA) is 78.5 Å². The zero-order valence-electron chi connectivity index (χ0n) is 16.9. The molecule has 3 aliphatic heterocycles. The molecule has 154 valence electrons. The van der Waals surface area contributed by atoms with Crippen LogP contribution in [0.25, 0.3) is 0 Å². The van der Waals surface area contributed by atoms with E-state index in [0.29, 0.717) is 18.7 Å². The number of hydrogen-bond acceptors (Lipinski definition) is 4. The summed E-state index contributed by atoms with van der Waals surface area (Å²) in [5.41, 5.74) is 1.35. The number of amides is 3. The molecular formula is C24H25N3O3. The number of hydrogen-bond donors (Lipinski definition) is 2. The zero-order chi connectivity index (χ0) is 20.9. The third-order valence-corrected chi connectivity index (χ3v) is 6.75. The van der Waals surface area contributed by atoms with Gasteiger partial charge in [0.25, 0.3) is 0 Å². The van der Waals surface area contributed by atoms with Crippen LogP contribution in [0.15, 0.2) is 54.6 Å².